The lowest BCUT2D eigenvalue weighted by Gasteiger charge is -2.25. The Hall–Kier alpha value is -2.40. The average Bonchev–Trinajstić information content (AvgIpc) is 2.95. The first-order chi connectivity index (χ1) is 11.3. The van der Waals surface area contributed by atoms with Crippen LogP contribution in [-0.2, 0) is 11.2 Å². The van der Waals surface area contributed by atoms with E-state index < -0.39 is 0 Å². The zero-order valence-corrected chi connectivity index (χ0v) is 12.9. The summed E-state index contributed by atoms with van der Waals surface area (Å²) in [6.45, 7) is 0.771. The second-order valence-corrected chi connectivity index (χ2v) is 5.87. The van der Waals surface area contributed by atoms with Gasteiger partial charge >= 0.3 is 0 Å². The van der Waals surface area contributed by atoms with E-state index in [1.807, 2.05) is 30.3 Å². The molecule has 1 fully saturated rings. The number of imidazole rings is 1. The van der Waals surface area contributed by atoms with Gasteiger partial charge in [-0.25, -0.2) is 9.97 Å². The molecule has 1 saturated heterocycles. The van der Waals surface area contributed by atoms with Gasteiger partial charge in [0, 0.05) is 24.8 Å². The van der Waals surface area contributed by atoms with Crippen LogP contribution < -0.4 is 0 Å². The third-order valence-corrected chi connectivity index (χ3v) is 4.31. The van der Waals surface area contributed by atoms with Crippen LogP contribution in [-0.4, -0.2) is 26.2 Å². The Labute approximate surface area is 134 Å². The predicted octanol–water partition coefficient (Wildman–Crippen LogP) is 3.43. The summed E-state index contributed by atoms with van der Waals surface area (Å²) in [6, 6.07) is 11.2. The summed E-state index contributed by atoms with van der Waals surface area (Å²) in [6.07, 6.45) is 5.54. The summed E-state index contributed by atoms with van der Waals surface area (Å²) in [4.78, 5) is 9.23. The Kier molecular flexibility index (Phi) is 3.71. The number of phenols is 1. The second kappa shape index (κ2) is 6.01. The summed E-state index contributed by atoms with van der Waals surface area (Å²) >= 11 is 0. The monoisotopic (exact) mass is 309 g/mol. The van der Waals surface area contributed by atoms with Crippen molar-refractivity contribution in [2.24, 2.45) is 0 Å². The fraction of sp³-hybridized carbons (Fsp3) is 0.333. The van der Waals surface area contributed by atoms with E-state index in [1.54, 1.807) is 12.3 Å². The van der Waals surface area contributed by atoms with Gasteiger partial charge in [0.05, 0.1) is 0 Å². The molecule has 5 heteroatoms. The van der Waals surface area contributed by atoms with Gasteiger partial charge in [0.25, 0.3) is 0 Å². The molecule has 5 nitrogen and oxygen atoms in total. The lowest BCUT2D eigenvalue weighted by molar-refractivity contribution is -0.0311. The van der Waals surface area contributed by atoms with Gasteiger partial charge in [-0.05, 0) is 37.5 Å². The van der Waals surface area contributed by atoms with E-state index in [-0.39, 0.29) is 6.23 Å². The first kappa shape index (κ1) is 14.2. The van der Waals surface area contributed by atoms with Crippen LogP contribution in [0.5, 0.6) is 5.75 Å². The quantitative estimate of drug-likeness (QED) is 0.805. The molecule has 1 atom stereocenters. The molecule has 0 bridgehead atoms. The minimum absolute atomic E-state index is 0.0236. The number of hydrogen-bond donors (Lipinski definition) is 1. The molecule has 4 rings (SSSR count). The molecule has 0 radical (unpaired) electrons. The molecule has 3 heterocycles. The van der Waals surface area contributed by atoms with Crippen molar-refractivity contribution in [2.45, 2.75) is 31.9 Å². The SMILES string of the molecule is Oc1ccccc1Cc1nc2cccnc2n1C1CCCCO1. The van der Waals surface area contributed by atoms with E-state index in [0.29, 0.717) is 12.2 Å². The Balaban J connectivity index is 1.80. The zero-order chi connectivity index (χ0) is 15.6. The summed E-state index contributed by atoms with van der Waals surface area (Å²) in [5.41, 5.74) is 2.58. The third-order valence-electron chi connectivity index (χ3n) is 4.31. The van der Waals surface area contributed by atoms with Crippen molar-refractivity contribution in [1.82, 2.24) is 14.5 Å². The maximum absolute atomic E-state index is 10.1. The van der Waals surface area contributed by atoms with Crippen molar-refractivity contribution in [2.75, 3.05) is 6.61 Å². The van der Waals surface area contributed by atoms with E-state index >= 15 is 0 Å². The average molecular weight is 309 g/mol. The molecule has 0 spiro atoms. The third kappa shape index (κ3) is 2.68. The molecule has 1 unspecified atom stereocenters. The number of ether oxygens (including phenoxy) is 1. The molecule has 2 aromatic heterocycles. The van der Waals surface area contributed by atoms with Crippen LogP contribution in [0.2, 0.25) is 0 Å². The Morgan fingerprint density at radius 1 is 1.17 bits per heavy atom. The number of pyridine rings is 1. The minimum Gasteiger partial charge on any atom is -0.508 e. The van der Waals surface area contributed by atoms with E-state index in [0.717, 1.165) is 48.4 Å². The molecular formula is C18H19N3O2. The molecular weight excluding hydrogens is 290 g/mol. The molecule has 0 aliphatic carbocycles. The summed E-state index contributed by atoms with van der Waals surface area (Å²) in [5, 5.41) is 10.1. The number of para-hydroxylation sites is 1. The second-order valence-electron chi connectivity index (χ2n) is 5.87. The van der Waals surface area contributed by atoms with Gasteiger partial charge in [0.2, 0.25) is 0 Å². The van der Waals surface area contributed by atoms with Gasteiger partial charge < -0.3 is 9.84 Å². The largest absolute Gasteiger partial charge is 0.508 e. The van der Waals surface area contributed by atoms with Gasteiger partial charge in [0.1, 0.15) is 23.3 Å². The highest BCUT2D eigenvalue weighted by molar-refractivity contribution is 5.71. The molecule has 1 N–H and O–H groups in total. The number of rotatable bonds is 3. The molecule has 0 amide bonds. The fourth-order valence-corrected chi connectivity index (χ4v) is 3.16. The van der Waals surface area contributed by atoms with Crippen LogP contribution in [0.4, 0.5) is 0 Å². The number of aromatic nitrogens is 3. The highest BCUT2D eigenvalue weighted by atomic mass is 16.5. The van der Waals surface area contributed by atoms with Crippen LogP contribution in [0.15, 0.2) is 42.6 Å². The molecule has 1 aliphatic rings. The van der Waals surface area contributed by atoms with Gasteiger partial charge in [-0.2, -0.15) is 0 Å². The fourth-order valence-electron chi connectivity index (χ4n) is 3.16. The maximum atomic E-state index is 10.1. The molecule has 1 aliphatic heterocycles. The van der Waals surface area contributed by atoms with Crippen molar-refractivity contribution in [3.8, 4) is 5.75 Å². The maximum Gasteiger partial charge on any atom is 0.162 e. The van der Waals surface area contributed by atoms with Crippen molar-refractivity contribution >= 4 is 11.2 Å². The normalized spacial score (nSPS) is 18.3. The highest BCUT2D eigenvalue weighted by Gasteiger charge is 2.23. The van der Waals surface area contributed by atoms with E-state index in [4.69, 9.17) is 9.72 Å². The van der Waals surface area contributed by atoms with Gasteiger partial charge in [0.15, 0.2) is 5.65 Å². The van der Waals surface area contributed by atoms with Crippen molar-refractivity contribution in [3.63, 3.8) is 0 Å². The van der Waals surface area contributed by atoms with Gasteiger partial charge in [-0.3, -0.25) is 4.57 Å². The number of phenolic OH excluding ortho intramolecular Hbond substituents is 1. The molecule has 0 saturated carbocycles. The highest BCUT2D eigenvalue weighted by Crippen LogP contribution is 2.29. The molecule has 23 heavy (non-hydrogen) atoms. The van der Waals surface area contributed by atoms with Crippen LogP contribution in [0.25, 0.3) is 11.2 Å². The number of hydrogen-bond acceptors (Lipinski definition) is 4. The topological polar surface area (TPSA) is 60.2 Å². The van der Waals surface area contributed by atoms with Crippen LogP contribution >= 0.6 is 0 Å². The number of aromatic hydroxyl groups is 1. The number of benzene rings is 1. The zero-order valence-electron chi connectivity index (χ0n) is 12.9. The molecule has 3 aromatic rings. The van der Waals surface area contributed by atoms with Gasteiger partial charge in [-0.15, -0.1) is 0 Å². The molecule has 118 valence electrons. The first-order valence-corrected chi connectivity index (χ1v) is 8.03. The smallest absolute Gasteiger partial charge is 0.162 e. The molecule has 1 aromatic carbocycles. The lowest BCUT2D eigenvalue weighted by atomic mass is 10.1. The Morgan fingerprint density at radius 2 is 2.09 bits per heavy atom. The lowest BCUT2D eigenvalue weighted by Crippen LogP contribution is -2.20. The van der Waals surface area contributed by atoms with Crippen LogP contribution in [0.1, 0.15) is 36.9 Å². The van der Waals surface area contributed by atoms with Crippen molar-refractivity contribution < 1.29 is 9.84 Å². The Bertz CT molecular complexity index is 822. The van der Waals surface area contributed by atoms with Crippen LogP contribution in [0, 0.1) is 0 Å². The van der Waals surface area contributed by atoms with E-state index in [9.17, 15) is 5.11 Å². The van der Waals surface area contributed by atoms with Gasteiger partial charge in [-0.1, -0.05) is 18.2 Å². The van der Waals surface area contributed by atoms with Crippen LogP contribution in [0.3, 0.4) is 0 Å². The van der Waals surface area contributed by atoms with E-state index in [2.05, 4.69) is 9.55 Å². The minimum atomic E-state index is -0.0236. The summed E-state index contributed by atoms with van der Waals surface area (Å²) < 4.78 is 8.06. The van der Waals surface area contributed by atoms with E-state index in [1.165, 1.54) is 0 Å². The standard InChI is InChI=1S/C18H19N3O2/c22-15-8-2-1-6-13(15)12-16-20-14-7-5-10-19-18(14)21(16)17-9-3-4-11-23-17/h1-2,5-8,10,17,22H,3-4,9,11-12H2. The first-order valence-electron chi connectivity index (χ1n) is 8.03. The Morgan fingerprint density at radius 3 is 2.91 bits per heavy atom. The summed E-state index contributed by atoms with van der Waals surface area (Å²) in [7, 11) is 0. The number of nitrogens with zero attached hydrogens (tertiary/aromatic N) is 3. The predicted molar refractivity (Wildman–Crippen MR) is 87.3 cm³/mol. The van der Waals surface area contributed by atoms with Crippen molar-refractivity contribution in [3.05, 3.63) is 54.0 Å². The van der Waals surface area contributed by atoms with Crippen molar-refractivity contribution in [1.29, 1.82) is 0 Å². The number of fused-ring (bicyclic) bond motifs is 1. The summed E-state index contributed by atoms with van der Waals surface area (Å²) in [5.74, 6) is 1.18.